The normalized spacial score (nSPS) is 17.5. The number of carbonyl (C=O) groups excluding carboxylic acids is 1. The maximum atomic E-state index is 13.1. The van der Waals surface area contributed by atoms with E-state index in [0.29, 0.717) is 22.3 Å². The minimum atomic E-state index is 0.00628. The smallest absolute Gasteiger partial charge is 0.257 e. The van der Waals surface area contributed by atoms with E-state index in [1.807, 2.05) is 28.8 Å². The van der Waals surface area contributed by atoms with E-state index < -0.39 is 0 Å². The lowest BCUT2D eigenvalue weighted by Gasteiger charge is -2.22. The number of rotatable bonds is 4. The second-order valence-corrected chi connectivity index (χ2v) is 7.65. The van der Waals surface area contributed by atoms with Crippen molar-refractivity contribution in [2.24, 2.45) is 0 Å². The first-order valence-electron chi connectivity index (χ1n) is 8.83. The van der Waals surface area contributed by atoms with Crippen LogP contribution in [0.1, 0.15) is 33.2 Å². The molecule has 4 nitrogen and oxygen atoms in total. The molecule has 1 fully saturated rings. The third kappa shape index (κ3) is 3.83. The molecule has 3 rings (SSSR count). The second kappa shape index (κ2) is 8.49. The number of methoxy groups -OCH3 is 2. The number of para-hydroxylation sites is 1. The maximum Gasteiger partial charge on any atom is 0.257 e. The molecule has 0 aromatic heterocycles. The molecule has 26 heavy (non-hydrogen) atoms. The van der Waals surface area contributed by atoms with Crippen LogP contribution < -0.4 is 9.47 Å². The van der Waals surface area contributed by atoms with Gasteiger partial charge in [-0.3, -0.25) is 4.79 Å². The van der Waals surface area contributed by atoms with Crippen molar-refractivity contribution < 1.29 is 14.3 Å². The molecule has 1 aliphatic rings. The van der Waals surface area contributed by atoms with Crippen LogP contribution in [0.2, 0.25) is 0 Å². The predicted octanol–water partition coefficient (Wildman–Crippen LogP) is 4.33. The first-order valence-corrected chi connectivity index (χ1v) is 9.88. The van der Waals surface area contributed by atoms with Crippen molar-refractivity contribution in [3.8, 4) is 11.5 Å². The van der Waals surface area contributed by atoms with Crippen molar-refractivity contribution >= 4 is 17.7 Å². The molecule has 0 aliphatic carbocycles. The van der Waals surface area contributed by atoms with Gasteiger partial charge in [-0.25, -0.2) is 0 Å². The summed E-state index contributed by atoms with van der Waals surface area (Å²) in [7, 11) is 3.16. The molecule has 2 aromatic rings. The van der Waals surface area contributed by atoms with Gasteiger partial charge in [0.25, 0.3) is 5.91 Å². The zero-order valence-corrected chi connectivity index (χ0v) is 16.3. The number of ether oxygens (including phenoxy) is 2. The van der Waals surface area contributed by atoms with Gasteiger partial charge in [-0.2, -0.15) is 11.8 Å². The van der Waals surface area contributed by atoms with Gasteiger partial charge in [0, 0.05) is 24.1 Å². The summed E-state index contributed by atoms with van der Waals surface area (Å²) in [5.41, 5.74) is 3.26. The molecule has 1 heterocycles. The summed E-state index contributed by atoms with van der Waals surface area (Å²) in [6.45, 7) is 3.64. The van der Waals surface area contributed by atoms with Gasteiger partial charge in [0.2, 0.25) is 0 Å². The van der Waals surface area contributed by atoms with E-state index >= 15 is 0 Å². The van der Waals surface area contributed by atoms with E-state index in [2.05, 4.69) is 31.2 Å². The molecule has 1 aliphatic heterocycles. The SMILES string of the molecule is COc1cccc(C(=O)N2CCSC(c3ccccc3C)CC2)c1OC. The summed E-state index contributed by atoms with van der Waals surface area (Å²) in [6.07, 6.45) is 0.952. The summed E-state index contributed by atoms with van der Waals surface area (Å²) in [4.78, 5) is 15.0. The molecule has 1 atom stereocenters. The minimum absolute atomic E-state index is 0.00628. The average molecular weight is 372 g/mol. The van der Waals surface area contributed by atoms with E-state index in [1.165, 1.54) is 11.1 Å². The number of thioether (sulfide) groups is 1. The van der Waals surface area contributed by atoms with E-state index in [4.69, 9.17) is 9.47 Å². The first-order chi connectivity index (χ1) is 12.7. The van der Waals surface area contributed by atoms with Crippen LogP contribution in [0.4, 0.5) is 0 Å². The van der Waals surface area contributed by atoms with Gasteiger partial charge in [-0.15, -0.1) is 0 Å². The summed E-state index contributed by atoms with van der Waals surface area (Å²) < 4.78 is 10.8. The number of aryl methyl sites for hydroxylation is 1. The Hall–Kier alpha value is -2.14. The highest BCUT2D eigenvalue weighted by molar-refractivity contribution is 7.99. The summed E-state index contributed by atoms with van der Waals surface area (Å²) in [5.74, 6) is 2.02. The van der Waals surface area contributed by atoms with Crippen LogP contribution in [0, 0.1) is 6.92 Å². The van der Waals surface area contributed by atoms with Crippen molar-refractivity contribution in [3.05, 3.63) is 59.2 Å². The van der Waals surface area contributed by atoms with Crippen LogP contribution in [0.15, 0.2) is 42.5 Å². The largest absolute Gasteiger partial charge is 0.493 e. The Morgan fingerprint density at radius 1 is 1.08 bits per heavy atom. The third-order valence-electron chi connectivity index (χ3n) is 4.80. The van der Waals surface area contributed by atoms with Crippen LogP contribution in [0.3, 0.4) is 0 Å². The Morgan fingerprint density at radius 3 is 2.62 bits per heavy atom. The van der Waals surface area contributed by atoms with Gasteiger partial charge in [0.15, 0.2) is 11.5 Å². The summed E-state index contributed by atoms with van der Waals surface area (Å²) in [6, 6.07) is 14.0. The van der Waals surface area contributed by atoms with Crippen molar-refractivity contribution in [2.45, 2.75) is 18.6 Å². The number of hydrogen-bond acceptors (Lipinski definition) is 4. The Kier molecular flexibility index (Phi) is 6.09. The lowest BCUT2D eigenvalue weighted by molar-refractivity contribution is 0.0762. The van der Waals surface area contributed by atoms with Crippen molar-refractivity contribution in [2.75, 3.05) is 33.1 Å². The van der Waals surface area contributed by atoms with Gasteiger partial charge >= 0.3 is 0 Å². The molecule has 0 spiro atoms. The number of hydrogen-bond donors (Lipinski definition) is 0. The van der Waals surface area contributed by atoms with Gasteiger partial charge in [0.05, 0.1) is 19.8 Å². The number of benzene rings is 2. The quantitative estimate of drug-likeness (QED) is 0.802. The number of carbonyl (C=O) groups is 1. The van der Waals surface area contributed by atoms with Crippen LogP contribution >= 0.6 is 11.8 Å². The molecule has 0 N–H and O–H groups in total. The highest BCUT2D eigenvalue weighted by atomic mass is 32.2. The summed E-state index contributed by atoms with van der Waals surface area (Å²) >= 11 is 1.94. The van der Waals surface area contributed by atoms with Crippen molar-refractivity contribution in [3.63, 3.8) is 0 Å². The second-order valence-electron chi connectivity index (χ2n) is 6.34. The highest BCUT2D eigenvalue weighted by Crippen LogP contribution is 2.37. The third-order valence-corrected chi connectivity index (χ3v) is 6.11. The van der Waals surface area contributed by atoms with E-state index in [1.54, 1.807) is 20.3 Å². The van der Waals surface area contributed by atoms with Crippen LogP contribution in [-0.2, 0) is 0 Å². The van der Waals surface area contributed by atoms with Gasteiger partial charge in [-0.05, 0) is 36.6 Å². The fourth-order valence-corrected chi connectivity index (χ4v) is 4.72. The fraction of sp³-hybridized carbons (Fsp3) is 0.381. The first kappa shape index (κ1) is 18.6. The molecular weight excluding hydrogens is 346 g/mol. The standard InChI is InChI=1S/C21H25NO3S/c1-15-7-4-5-8-16(15)19-11-12-22(13-14-26-19)21(23)17-9-6-10-18(24-2)20(17)25-3/h4-10,19H,11-14H2,1-3H3. The minimum Gasteiger partial charge on any atom is -0.493 e. The van der Waals surface area contributed by atoms with E-state index in [9.17, 15) is 4.79 Å². The zero-order chi connectivity index (χ0) is 18.5. The zero-order valence-electron chi connectivity index (χ0n) is 15.5. The molecule has 1 unspecified atom stereocenters. The molecule has 5 heteroatoms. The topological polar surface area (TPSA) is 38.8 Å². The summed E-state index contributed by atoms with van der Waals surface area (Å²) in [5, 5.41) is 0.432. The Bertz CT molecular complexity index is 778. The molecule has 1 amide bonds. The molecular formula is C21H25NO3S. The fourth-order valence-electron chi connectivity index (χ4n) is 3.40. The van der Waals surface area contributed by atoms with Crippen LogP contribution in [0.5, 0.6) is 11.5 Å². The maximum absolute atomic E-state index is 13.1. The predicted molar refractivity (Wildman–Crippen MR) is 106 cm³/mol. The van der Waals surface area contributed by atoms with Crippen molar-refractivity contribution in [1.29, 1.82) is 0 Å². The van der Waals surface area contributed by atoms with Crippen molar-refractivity contribution in [1.82, 2.24) is 4.90 Å². The lowest BCUT2D eigenvalue weighted by atomic mass is 10.0. The molecule has 1 saturated heterocycles. The Morgan fingerprint density at radius 2 is 1.88 bits per heavy atom. The molecule has 2 aromatic carbocycles. The van der Waals surface area contributed by atoms with Crippen LogP contribution in [-0.4, -0.2) is 43.9 Å². The monoisotopic (exact) mass is 371 g/mol. The molecule has 138 valence electrons. The van der Waals surface area contributed by atoms with Gasteiger partial charge < -0.3 is 14.4 Å². The Labute approximate surface area is 159 Å². The lowest BCUT2D eigenvalue weighted by Crippen LogP contribution is -2.33. The molecule has 0 saturated carbocycles. The van der Waals surface area contributed by atoms with E-state index in [0.717, 1.165) is 25.3 Å². The Balaban J connectivity index is 1.77. The number of amides is 1. The van der Waals surface area contributed by atoms with Crippen LogP contribution in [0.25, 0.3) is 0 Å². The van der Waals surface area contributed by atoms with E-state index in [-0.39, 0.29) is 5.91 Å². The molecule has 0 bridgehead atoms. The molecule has 0 radical (unpaired) electrons. The van der Waals surface area contributed by atoms with Gasteiger partial charge in [-0.1, -0.05) is 30.3 Å². The van der Waals surface area contributed by atoms with Gasteiger partial charge in [0.1, 0.15) is 0 Å². The number of nitrogens with zero attached hydrogens (tertiary/aromatic N) is 1. The average Bonchev–Trinajstić information content (AvgIpc) is 2.93. The highest BCUT2D eigenvalue weighted by Gasteiger charge is 2.26.